The SMILES string of the molecule is COc1c(C)c2c(c(N)c1C/C=C(\C)CCC(=O)OC(C)(C)C)C(=O)OC2. The van der Waals surface area contributed by atoms with E-state index < -0.39 is 5.60 Å². The number of hydrogen-bond donors (Lipinski definition) is 1. The molecule has 2 N–H and O–H groups in total. The Morgan fingerprint density at radius 1 is 1.30 bits per heavy atom. The van der Waals surface area contributed by atoms with Crippen molar-refractivity contribution in [3.8, 4) is 5.75 Å². The largest absolute Gasteiger partial charge is 0.496 e. The van der Waals surface area contributed by atoms with Crippen LogP contribution in [-0.4, -0.2) is 24.6 Å². The van der Waals surface area contributed by atoms with Crippen molar-refractivity contribution in [3.63, 3.8) is 0 Å². The Balaban J connectivity index is 2.16. The zero-order valence-corrected chi connectivity index (χ0v) is 17.0. The van der Waals surface area contributed by atoms with E-state index in [0.29, 0.717) is 36.3 Å². The van der Waals surface area contributed by atoms with Gasteiger partial charge in [-0.05, 0) is 53.0 Å². The number of carbonyl (C=O) groups excluding carboxylic acids is 2. The van der Waals surface area contributed by atoms with Gasteiger partial charge in [0.25, 0.3) is 0 Å². The molecule has 1 aromatic carbocycles. The molecule has 0 unspecified atom stereocenters. The molecule has 27 heavy (non-hydrogen) atoms. The molecule has 0 saturated carbocycles. The first-order valence-corrected chi connectivity index (χ1v) is 9.07. The highest BCUT2D eigenvalue weighted by Gasteiger charge is 2.30. The van der Waals surface area contributed by atoms with Crippen molar-refractivity contribution in [2.45, 2.75) is 66.1 Å². The van der Waals surface area contributed by atoms with Crippen LogP contribution >= 0.6 is 0 Å². The number of benzene rings is 1. The lowest BCUT2D eigenvalue weighted by molar-refractivity contribution is -0.154. The van der Waals surface area contributed by atoms with Gasteiger partial charge in [-0.3, -0.25) is 4.79 Å². The predicted octanol–water partition coefficient (Wildman–Crippen LogP) is 3.87. The monoisotopic (exact) mass is 375 g/mol. The number of methoxy groups -OCH3 is 1. The minimum Gasteiger partial charge on any atom is -0.496 e. The maximum atomic E-state index is 12.0. The molecule has 0 atom stereocenters. The molecule has 6 heteroatoms. The van der Waals surface area contributed by atoms with Crippen molar-refractivity contribution >= 4 is 17.6 Å². The molecule has 0 amide bonds. The molecule has 0 bridgehead atoms. The fourth-order valence-electron chi connectivity index (χ4n) is 3.16. The first kappa shape index (κ1) is 20.8. The summed E-state index contributed by atoms with van der Waals surface area (Å²) in [6.07, 6.45) is 3.44. The third kappa shape index (κ3) is 4.81. The Morgan fingerprint density at radius 3 is 2.56 bits per heavy atom. The minimum atomic E-state index is -0.479. The Hall–Kier alpha value is -2.50. The second-order valence-corrected chi connectivity index (χ2v) is 7.82. The molecule has 0 aliphatic carbocycles. The van der Waals surface area contributed by atoms with E-state index in [1.165, 1.54) is 0 Å². The van der Waals surface area contributed by atoms with Crippen LogP contribution in [0, 0.1) is 6.92 Å². The molecule has 0 spiro atoms. The summed E-state index contributed by atoms with van der Waals surface area (Å²) in [5.74, 6) is 0.0735. The summed E-state index contributed by atoms with van der Waals surface area (Å²) in [6.45, 7) is 9.65. The van der Waals surface area contributed by atoms with Gasteiger partial charge in [-0.1, -0.05) is 11.6 Å². The number of esters is 2. The molecular weight excluding hydrogens is 346 g/mol. The second kappa shape index (κ2) is 8.03. The van der Waals surface area contributed by atoms with Crippen LogP contribution in [0.3, 0.4) is 0 Å². The van der Waals surface area contributed by atoms with Gasteiger partial charge in [-0.15, -0.1) is 0 Å². The Kier molecular flexibility index (Phi) is 6.19. The van der Waals surface area contributed by atoms with Crippen molar-refractivity contribution in [2.75, 3.05) is 12.8 Å². The normalized spacial score (nSPS) is 14.0. The van der Waals surface area contributed by atoms with Crippen LogP contribution in [0.2, 0.25) is 0 Å². The Morgan fingerprint density at radius 2 is 1.96 bits per heavy atom. The Labute approximate surface area is 160 Å². The van der Waals surface area contributed by atoms with Crippen molar-refractivity contribution in [3.05, 3.63) is 33.9 Å². The summed E-state index contributed by atoms with van der Waals surface area (Å²) in [5.41, 5.74) is 10.1. The number of carbonyl (C=O) groups is 2. The third-order valence-electron chi connectivity index (χ3n) is 4.52. The third-order valence-corrected chi connectivity index (χ3v) is 4.52. The zero-order chi connectivity index (χ0) is 20.4. The van der Waals surface area contributed by atoms with Gasteiger partial charge in [0, 0.05) is 17.5 Å². The van der Waals surface area contributed by atoms with E-state index in [-0.39, 0.29) is 18.5 Å². The van der Waals surface area contributed by atoms with Gasteiger partial charge in [-0.2, -0.15) is 0 Å². The molecule has 6 nitrogen and oxygen atoms in total. The van der Waals surface area contributed by atoms with E-state index >= 15 is 0 Å². The van der Waals surface area contributed by atoms with Gasteiger partial charge in [-0.25, -0.2) is 4.79 Å². The lowest BCUT2D eigenvalue weighted by atomic mass is 9.94. The average molecular weight is 375 g/mol. The highest BCUT2D eigenvalue weighted by atomic mass is 16.6. The van der Waals surface area contributed by atoms with Gasteiger partial charge in [0.05, 0.1) is 18.4 Å². The molecule has 0 saturated heterocycles. The molecule has 0 fully saturated rings. The van der Waals surface area contributed by atoms with E-state index in [2.05, 4.69) is 0 Å². The lowest BCUT2D eigenvalue weighted by Crippen LogP contribution is -2.23. The Bertz CT molecular complexity index is 787. The number of ether oxygens (including phenoxy) is 3. The van der Waals surface area contributed by atoms with Gasteiger partial charge in [0.2, 0.25) is 0 Å². The molecule has 1 heterocycles. The number of allylic oxidation sites excluding steroid dienone is 2. The zero-order valence-electron chi connectivity index (χ0n) is 17.0. The van der Waals surface area contributed by atoms with Crippen molar-refractivity contribution in [1.29, 1.82) is 0 Å². The summed E-state index contributed by atoms with van der Waals surface area (Å²) in [5, 5.41) is 0. The van der Waals surface area contributed by atoms with Gasteiger partial charge in [0.1, 0.15) is 18.0 Å². The standard InChI is InChI=1S/C21H29NO5/c1-12(8-10-16(23)27-21(3,4)5)7-9-14-18(22)17-15(11-26-20(17)24)13(2)19(14)25-6/h7H,8-11,22H2,1-6H3/b12-7+. The van der Waals surface area contributed by atoms with Crippen LogP contribution in [0.4, 0.5) is 5.69 Å². The molecule has 1 aromatic rings. The summed E-state index contributed by atoms with van der Waals surface area (Å²) in [7, 11) is 1.59. The first-order valence-electron chi connectivity index (χ1n) is 9.07. The number of nitrogen functional groups attached to an aromatic ring is 1. The van der Waals surface area contributed by atoms with Crippen LogP contribution in [0.5, 0.6) is 5.75 Å². The van der Waals surface area contributed by atoms with E-state index in [4.69, 9.17) is 19.9 Å². The molecular formula is C21H29NO5. The summed E-state index contributed by atoms with van der Waals surface area (Å²) < 4.78 is 16.0. The smallest absolute Gasteiger partial charge is 0.341 e. The van der Waals surface area contributed by atoms with Crippen LogP contribution in [-0.2, 0) is 27.3 Å². The van der Waals surface area contributed by atoms with Gasteiger partial charge < -0.3 is 19.9 Å². The summed E-state index contributed by atoms with van der Waals surface area (Å²) >= 11 is 0. The number of cyclic esters (lactones) is 1. The van der Waals surface area contributed by atoms with E-state index in [1.807, 2.05) is 40.7 Å². The highest BCUT2D eigenvalue weighted by molar-refractivity contribution is 6.00. The fourth-order valence-corrected chi connectivity index (χ4v) is 3.16. The van der Waals surface area contributed by atoms with Crippen molar-refractivity contribution in [2.24, 2.45) is 0 Å². The number of hydrogen-bond acceptors (Lipinski definition) is 6. The van der Waals surface area contributed by atoms with Gasteiger partial charge >= 0.3 is 11.9 Å². The van der Waals surface area contributed by atoms with Crippen LogP contribution < -0.4 is 10.5 Å². The van der Waals surface area contributed by atoms with Crippen molar-refractivity contribution in [1.82, 2.24) is 0 Å². The topological polar surface area (TPSA) is 87.9 Å². The first-order chi connectivity index (χ1) is 12.5. The molecule has 2 rings (SSSR count). The van der Waals surface area contributed by atoms with Crippen LogP contribution in [0.25, 0.3) is 0 Å². The number of anilines is 1. The molecule has 1 aliphatic heterocycles. The van der Waals surface area contributed by atoms with E-state index in [0.717, 1.165) is 22.3 Å². The summed E-state index contributed by atoms with van der Waals surface area (Å²) in [4.78, 5) is 23.9. The summed E-state index contributed by atoms with van der Waals surface area (Å²) in [6, 6.07) is 0. The average Bonchev–Trinajstić information content (AvgIpc) is 2.95. The van der Waals surface area contributed by atoms with E-state index in [1.54, 1.807) is 7.11 Å². The molecule has 1 aliphatic rings. The highest BCUT2D eigenvalue weighted by Crippen LogP contribution is 2.39. The quantitative estimate of drug-likeness (QED) is 0.461. The number of rotatable bonds is 6. The predicted molar refractivity (Wildman–Crippen MR) is 104 cm³/mol. The van der Waals surface area contributed by atoms with E-state index in [9.17, 15) is 9.59 Å². The fraction of sp³-hybridized carbons (Fsp3) is 0.524. The second-order valence-electron chi connectivity index (χ2n) is 7.82. The van der Waals surface area contributed by atoms with Crippen LogP contribution in [0.15, 0.2) is 11.6 Å². The molecule has 0 radical (unpaired) electrons. The maximum absolute atomic E-state index is 12.0. The molecule has 0 aromatic heterocycles. The van der Waals surface area contributed by atoms with Crippen molar-refractivity contribution < 1.29 is 23.8 Å². The maximum Gasteiger partial charge on any atom is 0.341 e. The lowest BCUT2D eigenvalue weighted by Gasteiger charge is -2.19. The number of fused-ring (bicyclic) bond motifs is 1. The number of nitrogens with two attached hydrogens (primary N) is 1. The minimum absolute atomic E-state index is 0.219. The van der Waals surface area contributed by atoms with Crippen LogP contribution in [0.1, 0.15) is 67.6 Å². The molecule has 148 valence electrons. The van der Waals surface area contributed by atoms with Gasteiger partial charge in [0.15, 0.2) is 0 Å².